The van der Waals surface area contributed by atoms with Gasteiger partial charge in [0.1, 0.15) is 13.2 Å². The molecular formula is C14H19NO4. The Labute approximate surface area is 112 Å². The first-order chi connectivity index (χ1) is 9.24. The van der Waals surface area contributed by atoms with Crippen molar-refractivity contribution in [1.29, 1.82) is 0 Å². The smallest absolute Gasteiger partial charge is 0.310 e. The minimum absolute atomic E-state index is 0.250. The molecule has 2 rings (SSSR count). The zero-order valence-electron chi connectivity index (χ0n) is 11.1. The second-order valence-electron chi connectivity index (χ2n) is 4.37. The number of esters is 1. The molecule has 104 valence electrons. The molecule has 2 N–H and O–H groups in total. The second kappa shape index (κ2) is 6.43. The van der Waals surface area contributed by atoms with Gasteiger partial charge in [-0.2, -0.15) is 0 Å². The number of rotatable bonds is 5. The van der Waals surface area contributed by atoms with E-state index in [1.54, 1.807) is 6.92 Å². The highest BCUT2D eigenvalue weighted by atomic mass is 16.6. The van der Waals surface area contributed by atoms with E-state index in [1.165, 1.54) is 0 Å². The van der Waals surface area contributed by atoms with Crippen LogP contribution in [0.25, 0.3) is 0 Å². The maximum Gasteiger partial charge on any atom is 0.310 e. The molecule has 1 atom stereocenters. The Morgan fingerprint density at radius 1 is 1.37 bits per heavy atom. The summed E-state index contributed by atoms with van der Waals surface area (Å²) >= 11 is 0. The molecular weight excluding hydrogens is 246 g/mol. The normalized spacial score (nSPS) is 14.8. The van der Waals surface area contributed by atoms with Crippen LogP contribution in [0, 0.1) is 5.92 Å². The van der Waals surface area contributed by atoms with Gasteiger partial charge in [-0.1, -0.05) is 6.07 Å². The highest BCUT2D eigenvalue weighted by Crippen LogP contribution is 2.31. The fraction of sp³-hybridized carbons (Fsp3) is 0.500. The minimum Gasteiger partial charge on any atom is -0.486 e. The summed E-state index contributed by atoms with van der Waals surface area (Å²) in [6.45, 7) is 3.55. The molecule has 5 nitrogen and oxygen atoms in total. The standard InChI is InChI=1S/C14H19NO4/c1-2-17-14(16)11(9-15)7-10-3-4-12-13(8-10)19-6-5-18-12/h3-4,8,11H,2,5-7,9,15H2,1H3. The van der Waals surface area contributed by atoms with Crippen molar-refractivity contribution in [2.75, 3.05) is 26.4 Å². The lowest BCUT2D eigenvalue weighted by Crippen LogP contribution is -2.27. The van der Waals surface area contributed by atoms with Gasteiger partial charge in [0, 0.05) is 6.54 Å². The van der Waals surface area contributed by atoms with Crippen LogP contribution in [0.3, 0.4) is 0 Å². The largest absolute Gasteiger partial charge is 0.486 e. The highest BCUT2D eigenvalue weighted by molar-refractivity contribution is 5.73. The van der Waals surface area contributed by atoms with Crippen LogP contribution in [-0.2, 0) is 16.0 Å². The summed E-state index contributed by atoms with van der Waals surface area (Å²) in [6.07, 6.45) is 0.548. The van der Waals surface area contributed by atoms with E-state index in [2.05, 4.69) is 0 Å². The van der Waals surface area contributed by atoms with E-state index >= 15 is 0 Å². The van der Waals surface area contributed by atoms with Gasteiger partial charge in [0.2, 0.25) is 0 Å². The molecule has 0 bridgehead atoms. The first-order valence-corrected chi connectivity index (χ1v) is 6.49. The predicted molar refractivity (Wildman–Crippen MR) is 70.3 cm³/mol. The number of carbonyl (C=O) groups excluding carboxylic acids is 1. The van der Waals surface area contributed by atoms with E-state index in [4.69, 9.17) is 19.9 Å². The van der Waals surface area contributed by atoms with Gasteiger partial charge in [0.25, 0.3) is 0 Å². The molecule has 1 aromatic rings. The molecule has 1 heterocycles. The predicted octanol–water partition coefficient (Wildman–Crippen LogP) is 1.14. The Balaban J connectivity index is 2.07. The van der Waals surface area contributed by atoms with E-state index in [1.807, 2.05) is 18.2 Å². The average molecular weight is 265 g/mol. The number of hydrogen-bond donors (Lipinski definition) is 1. The van der Waals surface area contributed by atoms with Gasteiger partial charge >= 0.3 is 5.97 Å². The molecule has 0 saturated heterocycles. The Morgan fingerprint density at radius 2 is 2.11 bits per heavy atom. The number of nitrogens with two attached hydrogens (primary N) is 1. The van der Waals surface area contributed by atoms with Crippen LogP contribution in [0.5, 0.6) is 11.5 Å². The summed E-state index contributed by atoms with van der Waals surface area (Å²) in [7, 11) is 0. The molecule has 1 aliphatic rings. The Hall–Kier alpha value is -1.75. The fourth-order valence-corrected chi connectivity index (χ4v) is 2.02. The van der Waals surface area contributed by atoms with Crippen LogP contribution >= 0.6 is 0 Å². The molecule has 0 fully saturated rings. The number of benzene rings is 1. The van der Waals surface area contributed by atoms with Crippen molar-refractivity contribution in [2.24, 2.45) is 11.7 Å². The highest BCUT2D eigenvalue weighted by Gasteiger charge is 2.20. The maximum atomic E-state index is 11.7. The minimum atomic E-state index is -0.317. The molecule has 0 amide bonds. The molecule has 1 aromatic carbocycles. The Morgan fingerprint density at radius 3 is 2.79 bits per heavy atom. The molecule has 0 saturated carbocycles. The molecule has 0 radical (unpaired) electrons. The molecule has 0 aromatic heterocycles. The molecule has 1 unspecified atom stereocenters. The van der Waals surface area contributed by atoms with Gasteiger partial charge in [-0.3, -0.25) is 4.79 Å². The first-order valence-electron chi connectivity index (χ1n) is 6.49. The number of ether oxygens (including phenoxy) is 3. The monoisotopic (exact) mass is 265 g/mol. The lowest BCUT2D eigenvalue weighted by molar-refractivity contribution is -0.147. The summed E-state index contributed by atoms with van der Waals surface area (Å²) in [5.41, 5.74) is 6.63. The van der Waals surface area contributed by atoms with Crippen LogP contribution < -0.4 is 15.2 Å². The summed E-state index contributed by atoms with van der Waals surface area (Å²) in [4.78, 5) is 11.7. The summed E-state index contributed by atoms with van der Waals surface area (Å²) in [5, 5.41) is 0. The van der Waals surface area contributed by atoms with Gasteiger partial charge < -0.3 is 19.9 Å². The van der Waals surface area contributed by atoms with Crippen molar-refractivity contribution in [1.82, 2.24) is 0 Å². The lowest BCUT2D eigenvalue weighted by Gasteiger charge is -2.20. The fourth-order valence-electron chi connectivity index (χ4n) is 2.02. The van der Waals surface area contributed by atoms with Crippen molar-refractivity contribution in [2.45, 2.75) is 13.3 Å². The molecule has 1 aliphatic heterocycles. The molecule has 0 spiro atoms. The summed E-state index contributed by atoms with van der Waals surface area (Å²) < 4.78 is 16.0. The van der Waals surface area contributed by atoms with E-state index in [-0.39, 0.29) is 18.4 Å². The Bertz CT molecular complexity index is 447. The van der Waals surface area contributed by atoms with Crippen LogP contribution in [-0.4, -0.2) is 32.3 Å². The van der Waals surface area contributed by atoms with Gasteiger partial charge in [-0.15, -0.1) is 0 Å². The quantitative estimate of drug-likeness (QED) is 0.808. The van der Waals surface area contributed by atoms with E-state index in [0.717, 1.165) is 17.1 Å². The topological polar surface area (TPSA) is 70.8 Å². The van der Waals surface area contributed by atoms with Crippen molar-refractivity contribution < 1.29 is 19.0 Å². The van der Waals surface area contributed by atoms with Crippen LogP contribution in [0.15, 0.2) is 18.2 Å². The molecule has 19 heavy (non-hydrogen) atoms. The van der Waals surface area contributed by atoms with E-state index < -0.39 is 0 Å². The number of carbonyl (C=O) groups is 1. The van der Waals surface area contributed by atoms with Crippen molar-refractivity contribution >= 4 is 5.97 Å². The summed E-state index contributed by atoms with van der Waals surface area (Å²) in [5.74, 6) is 0.904. The van der Waals surface area contributed by atoms with Crippen molar-refractivity contribution in [3.63, 3.8) is 0 Å². The average Bonchev–Trinajstić information content (AvgIpc) is 2.44. The third-order valence-corrected chi connectivity index (χ3v) is 2.99. The van der Waals surface area contributed by atoms with Crippen molar-refractivity contribution in [3.05, 3.63) is 23.8 Å². The van der Waals surface area contributed by atoms with Crippen LogP contribution in [0.4, 0.5) is 0 Å². The van der Waals surface area contributed by atoms with Crippen molar-refractivity contribution in [3.8, 4) is 11.5 Å². The SMILES string of the molecule is CCOC(=O)C(CN)Cc1ccc2c(c1)OCCO2. The zero-order valence-corrected chi connectivity index (χ0v) is 11.1. The maximum absolute atomic E-state index is 11.7. The van der Waals surface area contributed by atoms with Gasteiger partial charge in [0.15, 0.2) is 11.5 Å². The van der Waals surface area contributed by atoms with Gasteiger partial charge in [0.05, 0.1) is 12.5 Å². The van der Waals surface area contributed by atoms with Crippen LogP contribution in [0.2, 0.25) is 0 Å². The second-order valence-corrected chi connectivity index (χ2v) is 4.37. The zero-order chi connectivity index (χ0) is 13.7. The third-order valence-electron chi connectivity index (χ3n) is 2.99. The van der Waals surface area contributed by atoms with Crippen LogP contribution in [0.1, 0.15) is 12.5 Å². The van der Waals surface area contributed by atoms with Gasteiger partial charge in [-0.05, 0) is 31.0 Å². The molecule has 5 heteroatoms. The number of fused-ring (bicyclic) bond motifs is 1. The third kappa shape index (κ3) is 3.38. The van der Waals surface area contributed by atoms with Gasteiger partial charge in [-0.25, -0.2) is 0 Å². The van der Waals surface area contributed by atoms with E-state index in [0.29, 0.717) is 26.2 Å². The van der Waals surface area contributed by atoms with E-state index in [9.17, 15) is 4.79 Å². The lowest BCUT2D eigenvalue weighted by atomic mass is 9.99. The Kier molecular flexibility index (Phi) is 4.63. The number of hydrogen-bond acceptors (Lipinski definition) is 5. The molecule has 0 aliphatic carbocycles. The summed E-state index contributed by atoms with van der Waals surface area (Å²) in [6, 6.07) is 5.69. The first kappa shape index (κ1) is 13.7.